The smallest absolute Gasteiger partial charge is 0.0992 e. The van der Waals surface area contributed by atoms with Gasteiger partial charge in [0.15, 0.2) is 0 Å². The van der Waals surface area contributed by atoms with Gasteiger partial charge in [-0.3, -0.25) is 0 Å². The van der Waals surface area contributed by atoms with Crippen molar-refractivity contribution in [3.05, 3.63) is 48.6 Å². The van der Waals surface area contributed by atoms with Crippen LogP contribution in [0.15, 0.2) is 37.4 Å². The van der Waals surface area contributed by atoms with E-state index in [1.54, 1.807) is 6.33 Å². The number of imidazole rings is 1. The molecular weight excluding hydrogens is 248 g/mol. The summed E-state index contributed by atoms with van der Waals surface area (Å²) < 4.78 is 2.00. The highest BCUT2D eigenvalue weighted by Gasteiger charge is 2.31. The van der Waals surface area contributed by atoms with E-state index in [0.29, 0.717) is 5.92 Å². The highest BCUT2D eigenvalue weighted by atomic mass is 16.3. The first-order valence-electron chi connectivity index (χ1n) is 7.51. The van der Waals surface area contributed by atoms with Crippen LogP contribution in [-0.4, -0.2) is 14.5 Å². The lowest BCUT2D eigenvalue weighted by Crippen LogP contribution is -2.13. The number of fused-ring (bicyclic) bond motifs is 1. The van der Waals surface area contributed by atoms with Crippen LogP contribution in [0.5, 0.6) is 0 Å². The first-order chi connectivity index (χ1) is 9.76. The Morgan fingerprint density at radius 3 is 3.00 bits per heavy atom. The summed E-state index contributed by atoms with van der Waals surface area (Å²) in [5.74, 6) is 0.727. The molecule has 0 spiro atoms. The van der Waals surface area contributed by atoms with E-state index in [2.05, 4.69) is 30.7 Å². The number of aliphatic hydroxyl groups is 1. The van der Waals surface area contributed by atoms with Gasteiger partial charge < -0.3 is 9.51 Å². The minimum Gasteiger partial charge on any atom is -0.388 e. The second-order valence-electron chi connectivity index (χ2n) is 5.78. The van der Waals surface area contributed by atoms with E-state index in [0.717, 1.165) is 23.9 Å². The molecule has 0 saturated heterocycles. The normalized spacial score (nSPS) is 18.1. The first-order valence-corrected chi connectivity index (χ1v) is 7.51. The summed E-state index contributed by atoms with van der Waals surface area (Å²) in [5, 5.41) is 10.9. The molecule has 106 valence electrons. The Labute approximate surface area is 120 Å². The Kier molecular flexibility index (Phi) is 3.62. The van der Waals surface area contributed by atoms with Crippen LogP contribution in [0.3, 0.4) is 0 Å². The van der Waals surface area contributed by atoms with Crippen molar-refractivity contribution >= 4 is 5.52 Å². The van der Waals surface area contributed by atoms with Crippen LogP contribution in [-0.2, 0) is 0 Å². The molecule has 3 nitrogen and oxygen atoms in total. The van der Waals surface area contributed by atoms with Gasteiger partial charge in [0, 0.05) is 17.7 Å². The van der Waals surface area contributed by atoms with E-state index in [1.165, 1.54) is 18.4 Å². The van der Waals surface area contributed by atoms with Crippen LogP contribution in [0, 0.1) is 5.92 Å². The maximum Gasteiger partial charge on any atom is 0.0992 e. The molecule has 2 aromatic rings. The Morgan fingerprint density at radius 1 is 1.55 bits per heavy atom. The number of nitrogens with zero attached hydrogens (tertiary/aromatic N) is 2. The molecule has 1 saturated carbocycles. The van der Waals surface area contributed by atoms with Gasteiger partial charge >= 0.3 is 0 Å². The largest absolute Gasteiger partial charge is 0.388 e. The van der Waals surface area contributed by atoms with Crippen LogP contribution in [0.25, 0.3) is 5.52 Å². The van der Waals surface area contributed by atoms with E-state index in [9.17, 15) is 5.11 Å². The number of rotatable bonds is 6. The molecule has 0 bridgehead atoms. The van der Waals surface area contributed by atoms with Gasteiger partial charge in [-0.1, -0.05) is 19.4 Å². The van der Waals surface area contributed by atoms with Crippen molar-refractivity contribution in [2.24, 2.45) is 5.92 Å². The van der Waals surface area contributed by atoms with Crippen molar-refractivity contribution in [1.82, 2.24) is 9.38 Å². The minimum atomic E-state index is -0.483. The van der Waals surface area contributed by atoms with E-state index < -0.39 is 6.10 Å². The lowest BCUT2D eigenvalue weighted by Gasteiger charge is -2.23. The molecule has 2 unspecified atom stereocenters. The molecule has 1 aliphatic carbocycles. The second-order valence-corrected chi connectivity index (χ2v) is 5.78. The van der Waals surface area contributed by atoms with E-state index in [-0.39, 0.29) is 5.92 Å². The molecule has 2 heterocycles. The maximum absolute atomic E-state index is 10.9. The third-order valence-electron chi connectivity index (χ3n) is 4.31. The Morgan fingerprint density at radius 2 is 2.35 bits per heavy atom. The predicted molar refractivity (Wildman–Crippen MR) is 80.7 cm³/mol. The fourth-order valence-electron chi connectivity index (χ4n) is 3.05. The Hall–Kier alpha value is -1.61. The lowest BCUT2D eigenvalue weighted by molar-refractivity contribution is 0.127. The third-order valence-corrected chi connectivity index (χ3v) is 4.31. The number of hydrogen-bond donors (Lipinski definition) is 1. The second kappa shape index (κ2) is 5.41. The average molecular weight is 270 g/mol. The van der Waals surface area contributed by atoms with Crippen molar-refractivity contribution in [2.75, 3.05) is 0 Å². The van der Waals surface area contributed by atoms with Gasteiger partial charge in [-0.25, -0.2) is 4.98 Å². The summed E-state index contributed by atoms with van der Waals surface area (Å²) in [6.07, 6.45) is 11.6. The topological polar surface area (TPSA) is 37.5 Å². The van der Waals surface area contributed by atoms with Gasteiger partial charge in [0.05, 0.1) is 24.1 Å². The SMILES string of the molecule is C=CC(CCC)C(O)c1c(C2CC2)ccn2cncc12. The number of aliphatic hydroxyl groups excluding tert-OH is 1. The summed E-state index contributed by atoms with van der Waals surface area (Å²) in [6.45, 7) is 6.04. The molecule has 3 heteroatoms. The average Bonchev–Trinajstić information content (AvgIpc) is 3.20. The van der Waals surface area contributed by atoms with E-state index >= 15 is 0 Å². The van der Waals surface area contributed by atoms with Crippen LogP contribution >= 0.6 is 0 Å². The minimum absolute atomic E-state index is 0.110. The fraction of sp³-hybridized carbons (Fsp3) is 0.471. The molecule has 0 radical (unpaired) electrons. The van der Waals surface area contributed by atoms with E-state index in [1.807, 2.05) is 16.7 Å². The van der Waals surface area contributed by atoms with Gasteiger partial charge in [-0.15, -0.1) is 6.58 Å². The zero-order valence-corrected chi connectivity index (χ0v) is 12.0. The molecule has 20 heavy (non-hydrogen) atoms. The quantitative estimate of drug-likeness (QED) is 0.810. The molecule has 1 aliphatic rings. The summed E-state index contributed by atoms with van der Waals surface area (Å²) in [4.78, 5) is 4.22. The standard InChI is InChI=1S/C17H22N2O/c1-3-5-12(4-2)17(20)16-14(13-6-7-13)8-9-19-11-18-10-15(16)19/h4,8-13,17,20H,2-3,5-7H2,1H3. The van der Waals surface area contributed by atoms with Gasteiger partial charge in [-0.05, 0) is 36.8 Å². The summed E-state index contributed by atoms with van der Waals surface area (Å²) in [7, 11) is 0. The van der Waals surface area contributed by atoms with Crippen molar-refractivity contribution < 1.29 is 5.11 Å². The number of aromatic nitrogens is 2. The Bertz CT molecular complexity index is 612. The molecule has 0 aromatic carbocycles. The van der Waals surface area contributed by atoms with Crippen LogP contribution in [0.1, 0.15) is 55.8 Å². The molecule has 1 N–H and O–H groups in total. The molecule has 2 atom stereocenters. The monoisotopic (exact) mass is 270 g/mol. The van der Waals surface area contributed by atoms with Crippen molar-refractivity contribution in [3.8, 4) is 0 Å². The molecule has 2 aromatic heterocycles. The van der Waals surface area contributed by atoms with Crippen LogP contribution < -0.4 is 0 Å². The third kappa shape index (κ3) is 2.27. The molecule has 0 aliphatic heterocycles. The highest BCUT2D eigenvalue weighted by Crippen LogP contribution is 2.45. The molecule has 1 fully saturated rings. The number of pyridine rings is 1. The van der Waals surface area contributed by atoms with Gasteiger partial charge in [0.25, 0.3) is 0 Å². The fourth-order valence-corrected chi connectivity index (χ4v) is 3.05. The van der Waals surface area contributed by atoms with E-state index in [4.69, 9.17) is 0 Å². The zero-order chi connectivity index (χ0) is 14.1. The molecule has 0 amide bonds. The highest BCUT2D eigenvalue weighted by molar-refractivity contribution is 5.59. The van der Waals surface area contributed by atoms with Crippen LogP contribution in [0.4, 0.5) is 0 Å². The van der Waals surface area contributed by atoms with Crippen molar-refractivity contribution in [3.63, 3.8) is 0 Å². The van der Waals surface area contributed by atoms with Crippen LogP contribution in [0.2, 0.25) is 0 Å². The first kappa shape index (κ1) is 13.4. The van der Waals surface area contributed by atoms with Gasteiger partial charge in [0.2, 0.25) is 0 Å². The summed E-state index contributed by atoms with van der Waals surface area (Å²) in [5.41, 5.74) is 3.39. The van der Waals surface area contributed by atoms with Crippen molar-refractivity contribution in [2.45, 2.75) is 44.6 Å². The Balaban J connectivity index is 2.09. The van der Waals surface area contributed by atoms with Gasteiger partial charge in [0.1, 0.15) is 0 Å². The molecular formula is C17H22N2O. The summed E-state index contributed by atoms with van der Waals surface area (Å²) >= 11 is 0. The lowest BCUT2D eigenvalue weighted by atomic mass is 9.88. The van der Waals surface area contributed by atoms with Crippen molar-refractivity contribution in [1.29, 1.82) is 0 Å². The van der Waals surface area contributed by atoms with Gasteiger partial charge in [-0.2, -0.15) is 0 Å². The molecule has 3 rings (SSSR count). The maximum atomic E-state index is 10.9. The summed E-state index contributed by atoms with van der Waals surface area (Å²) in [6, 6.07) is 2.15. The predicted octanol–water partition coefficient (Wildman–Crippen LogP) is 3.85. The number of hydrogen-bond acceptors (Lipinski definition) is 2. The zero-order valence-electron chi connectivity index (χ0n) is 12.0.